The first-order valence-corrected chi connectivity index (χ1v) is 8.57. The first kappa shape index (κ1) is 18.1. The lowest BCUT2D eigenvalue weighted by Crippen LogP contribution is -2.28. The molecule has 3 N–H and O–H groups in total. The van der Waals surface area contributed by atoms with Crippen LogP contribution in [0.2, 0.25) is 0 Å². The van der Waals surface area contributed by atoms with Gasteiger partial charge in [-0.2, -0.15) is 8.42 Å². The van der Waals surface area contributed by atoms with Crippen molar-refractivity contribution in [2.75, 3.05) is 13.2 Å². The molecule has 1 atom stereocenters. The Bertz CT molecular complexity index is 599. The molecular formula is C13H17IN2O4S. The SMILES string of the molecule is Cc1ccc(S(=O)(=O)OCC(O)CN/C=C(/I)C=N)cc1. The van der Waals surface area contributed by atoms with E-state index in [1.807, 2.05) is 29.5 Å². The standard InChI is InChI=1S/C13H17IN2O4S/c1-10-2-4-13(5-3-10)21(18,19)20-9-12(17)8-16-7-11(14)6-15/h2-7,12,15-17H,8-9H2,1H3/b11-7+,15-6?. The van der Waals surface area contributed by atoms with Crippen molar-refractivity contribution in [3.8, 4) is 0 Å². The zero-order valence-electron chi connectivity index (χ0n) is 11.4. The van der Waals surface area contributed by atoms with E-state index in [1.54, 1.807) is 18.3 Å². The number of aliphatic hydroxyl groups is 1. The van der Waals surface area contributed by atoms with Gasteiger partial charge in [0.2, 0.25) is 0 Å². The number of rotatable bonds is 8. The summed E-state index contributed by atoms with van der Waals surface area (Å²) in [5.74, 6) is 0. The normalized spacial score (nSPS) is 13.8. The summed E-state index contributed by atoms with van der Waals surface area (Å²) in [5.41, 5.74) is 0.950. The molecule has 0 aromatic heterocycles. The van der Waals surface area contributed by atoms with Crippen molar-refractivity contribution < 1.29 is 17.7 Å². The van der Waals surface area contributed by atoms with E-state index >= 15 is 0 Å². The number of hydrogen-bond acceptors (Lipinski definition) is 6. The summed E-state index contributed by atoms with van der Waals surface area (Å²) in [6, 6.07) is 6.28. The highest BCUT2D eigenvalue weighted by Gasteiger charge is 2.17. The molecule has 0 heterocycles. The molecule has 21 heavy (non-hydrogen) atoms. The predicted molar refractivity (Wildman–Crippen MR) is 89.2 cm³/mol. The van der Waals surface area contributed by atoms with E-state index in [2.05, 4.69) is 5.32 Å². The highest BCUT2D eigenvalue weighted by atomic mass is 127. The van der Waals surface area contributed by atoms with Crippen LogP contribution in [-0.4, -0.2) is 39.0 Å². The van der Waals surface area contributed by atoms with Crippen molar-refractivity contribution in [1.29, 1.82) is 5.41 Å². The molecule has 0 saturated carbocycles. The van der Waals surface area contributed by atoms with Gasteiger partial charge in [0.05, 0.1) is 17.6 Å². The Morgan fingerprint density at radius 1 is 1.48 bits per heavy atom. The molecule has 116 valence electrons. The molecule has 6 nitrogen and oxygen atoms in total. The molecule has 1 aromatic rings. The third kappa shape index (κ3) is 6.55. The van der Waals surface area contributed by atoms with Gasteiger partial charge in [0.15, 0.2) is 0 Å². The van der Waals surface area contributed by atoms with Gasteiger partial charge in [-0.25, -0.2) is 0 Å². The van der Waals surface area contributed by atoms with E-state index in [4.69, 9.17) is 9.59 Å². The second-order valence-electron chi connectivity index (χ2n) is 4.29. The zero-order chi connectivity index (χ0) is 15.9. The van der Waals surface area contributed by atoms with Crippen LogP contribution in [0, 0.1) is 12.3 Å². The molecular weight excluding hydrogens is 407 g/mol. The topological polar surface area (TPSA) is 99.5 Å². The first-order chi connectivity index (χ1) is 9.85. The number of aliphatic hydroxyl groups excluding tert-OH is 1. The second kappa shape index (κ2) is 8.47. The van der Waals surface area contributed by atoms with Crippen LogP contribution < -0.4 is 5.32 Å². The average molecular weight is 424 g/mol. The fraction of sp³-hybridized carbons (Fsp3) is 0.308. The van der Waals surface area contributed by atoms with Gasteiger partial charge in [-0.15, -0.1) is 0 Å². The average Bonchev–Trinajstić information content (AvgIpc) is 2.45. The minimum absolute atomic E-state index is 0.0616. The Kier molecular flexibility index (Phi) is 7.29. The number of aryl methyl sites for hydroxylation is 1. The maximum atomic E-state index is 11.9. The van der Waals surface area contributed by atoms with Crippen LogP contribution >= 0.6 is 22.6 Å². The fourth-order valence-electron chi connectivity index (χ4n) is 1.33. The van der Waals surface area contributed by atoms with Crippen molar-refractivity contribution in [3.05, 3.63) is 39.6 Å². The number of allylic oxidation sites excluding steroid dienone is 1. The Balaban J connectivity index is 2.50. The summed E-state index contributed by atoms with van der Waals surface area (Å²) < 4.78 is 29.2. The van der Waals surface area contributed by atoms with Gasteiger partial charge in [0.25, 0.3) is 10.1 Å². The lowest BCUT2D eigenvalue weighted by molar-refractivity contribution is 0.112. The molecule has 0 aliphatic rings. The van der Waals surface area contributed by atoms with Crippen LogP contribution in [0.1, 0.15) is 5.56 Å². The van der Waals surface area contributed by atoms with E-state index in [0.717, 1.165) is 11.8 Å². The number of hydrogen-bond donors (Lipinski definition) is 3. The molecule has 0 amide bonds. The van der Waals surface area contributed by atoms with Crippen molar-refractivity contribution in [1.82, 2.24) is 5.32 Å². The van der Waals surface area contributed by atoms with Crippen LogP contribution in [0.25, 0.3) is 0 Å². The summed E-state index contributed by atoms with van der Waals surface area (Å²) in [5, 5.41) is 19.4. The summed E-state index contributed by atoms with van der Waals surface area (Å²) in [6.07, 6.45) is 1.72. The van der Waals surface area contributed by atoms with Crippen molar-refractivity contribution in [2.24, 2.45) is 0 Å². The summed E-state index contributed by atoms with van der Waals surface area (Å²) in [4.78, 5) is 0.0616. The number of nitrogens with one attached hydrogen (secondary N) is 2. The largest absolute Gasteiger partial charge is 0.389 e. The minimum Gasteiger partial charge on any atom is -0.389 e. The van der Waals surface area contributed by atoms with Crippen molar-refractivity contribution in [3.63, 3.8) is 0 Å². The Morgan fingerprint density at radius 2 is 2.10 bits per heavy atom. The van der Waals surface area contributed by atoms with E-state index in [1.165, 1.54) is 12.1 Å². The third-order valence-corrected chi connectivity index (χ3v) is 4.38. The lowest BCUT2D eigenvalue weighted by atomic mass is 10.2. The number of halogens is 1. The molecule has 1 aromatic carbocycles. The van der Waals surface area contributed by atoms with Crippen LogP contribution in [0.3, 0.4) is 0 Å². The minimum atomic E-state index is -3.86. The second-order valence-corrected chi connectivity index (χ2v) is 7.15. The fourth-order valence-corrected chi connectivity index (χ4v) is 2.50. The molecule has 1 rings (SSSR count). The molecule has 0 radical (unpaired) electrons. The van der Waals surface area contributed by atoms with E-state index in [0.29, 0.717) is 3.58 Å². The Labute approximate surface area is 138 Å². The van der Waals surface area contributed by atoms with E-state index in [9.17, 15) is 13.5 Å². The van der Waals surface area contributed by atoms with Crippen molar-refractivity contribution in [2.45, 2.75) is 17.9 Å². The summed E-state index contributed by atoms with van der Waals surface area (Å²) in [6.45, 7) is 1.65. The molecule has 8 heteroatoms. The first-order valence-electron chi connectivity index (χ1n) is 6.09. The molecule has 0 spiro atoms. The molecule has 0 fully saturated rings. The lowest BCUT2D eigenvalue weighted by Gasteiger charge is -2.11. The highest BCUT2D eigenvalue weighted by Crippen LogP contribution is 2.13. The van der Waals surface area contributed by atoms with Crippen LogP contribution in [-0.2, 0) is 14.3 Å². The summed E-state index contributed by atoms with van der Waals surface area (Å²) in [7, 11) is -3.86. The van der Waals surface area contributed by atoms with Gasteiger partial charge < -0.3 is 15.8 Å². The van der Waals surface area contributed by atoms with Crippen LogP contribution in [0.5, 0.6) is 0 Å². The third-order valence-electron chi connectivity index (χ3n) is 2.46. The van der Waals surface area contributed by atoms with Gasteiger partial charge in [0, 0.05) is 22.5 Å². The smallest absolute Gasteiger partial charge is 0.297 e. The van der Waals surface area contributed by atoms with Crippen molar-refractivity contribution >= 4 is 38.9 Å². The molecule has 0 bridgehead atoms. The summed E-state index contributed by atoms with van der Waals surface area (Å²) >= 11 is 1.94. The quantitative estimate of drug-likeness (QED) is 0.334. The van der Waals surface area contributed by atoms with Gasteiger partial charge in [-0.1, -0.05) is 17.7 Å². The predicted octanol–water partition coefficient (Wildman–Crippen LogP) is 1.58. The van der Waals surface area contributed by atoms with E-state index in [-0.39, 0.29) is 18.0 Å². The Hall–Kier alpha value is -0.970. The molecule has 0 aliphatic carbocycles. The molecule has 0 saturated heterocycles. The zero-order valence-corrected chi connectivity index (χ0v) is 14.4. The number of benzene rings is 1. The van der Waals surface area contributed by atoms with Gasteiger partial charge in [0.1, 0.15) is 0 Å². The van der Waals surface area contributed by atoms with E-state index < -0.39 is 16.2 Å². The maximum Gasteiger partial charge on any atom is 0.297 e. The van der Waals surface area contributed by atoms with Crippen LogP contribution in [0.4, 0.5) is 0 Å². The maximum absolute atomic E-state index is 11.9. The molecule has 0 aliphatic heterocycles. The van der Waals surface area contributed by atoms with Crippen LogP contribution in [0.15, 0.2) is 38.9 Å². The van der Waals surface area contributed by atoms with Gasteiger partial charge in [-0.3, -0.25) is 4.18 Å². The van der Waals surface area contributed by atoms with Gasteiger partial charge >= 0.3 is 0 Å². The Morgan fingerprint density at radius 3 is 2.67 bits per heavy atom. The van der Waals surface area contributed by atoms with Gasteiger partial charge in [-0.05, 0) is 41.6 Å². The molecule has 1 unspecified atom stereocenters. The monoisotopic (exact) mass is 424 g/mol. The highest BCUT2D eigenvalue weighted by molar-refractivity contribution is 14.1.